The number of quaternary nitrogens is 1. The number of amides is 1. The van der Waals surface area contributed by atoms with Crippen molar-refractivity contribution in [1.29, 1.82) is 0 Å². The van der Waals surface area contributed by atoms with E-state index in [-0.39, 0.29) is 5.91 Å². The Morgan fingerprint density at radius 3 is 2.52 bits per heavy atom. The number of hydrogen-bond donors (Lipinski definition) is 2. The van der Waals surface area contributed by atoms with Gasteiger partial charge in [-0.25, -0.2) is 8.42 Å². The highest BCUT2D eigenvalue weighted by atomic mass is 32.2. The Kier molecular flexibility index (Phi) is 7.24. The second-order valence-corrected chi connectivity index (χ2v) is 9.10. The van der Waals surface area contributed by atoms with Gasteiger partial charge in [-0.05, 0) is 36.8 Å². The summed E-state index contributed by atoms with van der Waals surface area (Å²) in [6.45, 7) is 5.24. The van der Waals surface area contributed by atoms with Crippen LogP contribution in [0.15, 0.2) is 59.5 Å². The van der Waals surface area contributed by atoms with Gasteiger partial charge in [-0.2, -0.15) is 4.31 Å². The SMILES string of the molecule is Cc1cccc(OCCNC(=O)C[NH+]2CCN(S(=O)(=O)c3ccccc3)CC2)c1. The molecular formula is C21H28N3O4S+. The number of carbonyl (C=O) groups is 1. The molecule has 0 aromatic heterocycles. The third kappa shape index (κ3) is 6.03. The molecule has 0 bridgehead atoms. The van der Waals surface area contributed by atoms with Crippen LogP contribution in [0.4, 0.5) is 0 Å². The molecule has 1 aliphatic heterocycles. The van der Waals surface area contributed by atoms with E-state index < -0.39 is 10.0 Å². The number of nitrogens with one attached hydrogen (secondary N) is 2. The van der Waals surface area contributed by atoms with E-state index in [1.54, 1.807) is 30.3 Å². The van der Waals surface area contributed by atoms with Gasteiger partial charge in [0.1, 0.15) is 12.4 Å². The number of hydrogen-bond acceptors (Lipinski definition) is 4. The van der Waals surface area contributed by atoms with E-state index in [4.69, 9.17) is 4.74 Å². The molecule has 2 aromatic carbocycles. The van der Waals surface area contributed by atoms with Crippen molar-refractivity contribution < 1.29 is 22.8 Å². The second kappa shape index (κ2) is 9.87. The minimum Gasteiger partial charge on any atom is -0.492 e. The van der Waals surface area contributed by atoms with Crippen molar-refractivity contribution in [3.8, 4) is 5.75 Å². The van der Waals surface area contributed by atoms with Crippen LogP contribution in [-0.4, -0.2) is 64.5 Å². The van der Waals surface area contributed by atoms with Crippen LogP contribution in [0.5, 0.6) is 5.75 Å². The number of aryl methyl sites for hydroxylation is 1. The molecule has 0 aliphatic carbocycles. The van der Waals surface area contributed by atoms with Gasteiger partial charge in [0.15, 0.2) is 6.54 Å². The molecule has 1 saturated heterocycles. The number of piperazine rings is 1. The van der Waals surface area contributed by atoms with E-state index in [1.807, 2.05) is 31.2 Å². The van der Waals surface area contributed by atoms with Crippen LogP contribution in [0.25, 0.3) is 0 Å². The fourth-order valence-corrected chi connectivity index (χ4v) is 4.78. The van der Waals surface area contributed by atoms with Gasteiger partial charge in [0.05, 0.1) is 37.6 Å². The fraction of sp³-hybridized carbons (Fsp3) is 0.381. The summed E-state index contributed by atoms with van der Waals surface area (Å²) in [6, 6.07) is 16.2. The van der Waals surface area contributed by atoms with Crippen LogP contribution in [0, 0.1) is 6.92 Å². The van der Waals surface area contributed by atoms with Crippen LogP contribution in [0.2, 0.25) is 0 Å². The highest BCUT2D eigenvalue weighted by molar-refractivity contribution is 7.89. The molecule has 2 aromatic rings. The zero-order chi connectivity index (χ0) is 20.7. The smallest absolute Gasteiger partial charge is 0.275 e. The predicted octanol–water partition coefficient (Wildman–Crippen LogP) is 0.0794. The van der Waals surface area contributed by atoms with Crippen molar-refractivity contribution in [2.45, 2.75) is 11.8 Å². The fourth-order valence-electron chi connectivity index (χ4n) is 3.32. The Bertz CT molecular complexity index is 911. The lowest BCUT2D eigenvalue weighted by molar-refractivity contribution is -0.895. The van der Waals surface area contributed by atoms with Crippen molar-refractivity contribution in [2.75, 3.05) is 45.9 Å². The van der Waals surface area contributed by atoms with Crippen molar-refractivity contribution in [2.24, 2.45) is 0 Å². The number of sulfonamides is 1. The molecular weight excluding hydrogens is 390 g/mol. The van der Waals surface area contributed by atoms with E-state index in [1.165, 1.54) is 4.31 Å². The highest BCUT2D eigenvalue weighted by Crippen LogP contribution is 2.14. The average molecular weight is 419 g/mol. The van der Waals surface area contributed by atoms with Gasteiger partial charge in [0, 0.05) is 0 Å². The first-order valence-electron chi connectivity index (χ1n) is 9.80. The number of ether oxygens (including phenoxy) is 1. The van der Waals surface area contributed by atoms with Gasteiger partial charge in [0.2, 0.25) is 10.0 Å². The zero-order valence-electron chi connectivity index (χ0n) is 16.6. The molecule has 1 fully saturated rings. The maximum absolute atomic E-state index is 12.7. The van der Waals surface area contributed by atoms with E-state index in [0.29, 0.717) is 50.8 Å². The molecule has 1 amide bonds. The van der Waals surface area contributed by atoms with Gasteiger partial charge in [0.25, 0.3) is 5.91 Å². The zero-order valence-corrected chi connectivity index (χ0v) is 17.5. The molecule has 156 valence electrons. The molecule has 3 rings (SSSR count). The molecule has 29 heavy (non-hydrogen) atoms. The summed E-state index contributed by atoms with van der Waals surface area (Å²) < 4.78 is 32.4. The third-order valence-corrected chi connectivity index (χ3v) is 6.82. The van der Waals surface area contributed by atoms with Crippen molar-refractivity contribution >= 4 is 15.9 Å². The molecule has 7 nitrogen and oxygen atoms in total. The van der Waals surface area contributed by atoms with Crippen LogP contribution in [-0.2, 0) is 14.8 Å². The standard InChI is InChI=1S/C21H27N3O4S/c1-18-6-5-7-19(16-18)28-15-10-22-21(25)17-23-11-13-24(14-12-23)29(26,27)20-8-3-2-4-9-20/h2-9,16H,10-15,17H2,1H3,(H,22,25)/p+1. The lowest BCUT2D eigenvalue weighted by Crippen LogP contribution is -3.15. The van der Waals surface area contributed by atoms with Crippen LogP contribution < -0.4 is 15.0 Å². The molecule has 0 saturated carbocycles. The topological polar surface area (TPSA) is 80.2 Å². The number of benzene rings is 2. The summed E-state index contributed by atoms with van der Waals surface area (Å²) in [5.74, 6) is 0.743. The van der Waals surface area contributed by atoms with Gasteiger partial charge < -0.3 is 15.0 Å². The minimum atomic E-state index is -3.46. The summed E-state index contributed by atoms with van der Waals surface area (Å²) in [5, 5.41) is 2.87. The van der Waals surface area contributed by atoms with Gasteiger partial charge in [-0.1, -0.05) is 30.3 Å². The van der Waals surface area contributed by atoms with Crippen LogP contribution in [0.1, 0.15) is 5.56 Å². The van der Waals surface area contributed by atoms with Crippen LogP contribution in [0.3, 0.4) is 0 Å². The molecule has 0 atom stereocenters. The first-order chi connectivity index (χ1) is 13.9. The molecule has 1 aliphatic rings. The Hall–Kier alpha value is -2.42. The summed E-state index contributed by atoms with van der Waals surface area (Å²) in [7, 11) is -3.46. The first-order valence-corrected chi connectivity index (χ1v) is 11.2. The Morgan fingerprint density at radius 2 is 1.83 bits per heavy atom. The van der Waals surface area contributed by atoms with E-state index in [0.717, 1.165) is 16.2 Å². The Balaban J connectivity index is 1.37. The monoisotopic (exact) mass is 418 g/mol. The lowest BCUT2D eigenvalue weighted by atomic mass is 10.2. The van der Waals surface area contributed by atoms with Gasteiger partial charge >= 0.3 is 0 Å². The normalized spacial score (nSPS) is 15.8. The third-order valence-electron chi connectivity index (χ3n) is 4.90. The largest absolute Gasteiger partial charge is 0.492 e. The lowest BCUT2D eigenvalue weighted by Gasteiger charge is -2.31. The number of nitrogens with zero attached hydrogens (tertiary/aromatic N) is 1. The van der Waals surface area contributed by atoms with Crippen LogP contribution >= 0.6 is 0 Å². The van der Waals surface area contributed by atoms with Crippen molar-refractivity contribution in [3.63, 3.8) is 0 Å². The van der Waals surface area contributed by atoms with E-state index >= 15 is 0 Å². The van der Waals surface area contributed by atoms with Crippen molar-refractivity contribution in [1.82, 2.24) is 9.62 Å². The summed E-state index contributed by atoms with van der Waals surface area (Å²) in [6.07, 6.45) is 0. The minimum absolute atomic E-state index is 0.0489. The molecule has 0 spiro atoms. The maximum Gasteiger partial charge on any atom is 0.275 e. The quantitative estimate of drug-likeness (QED) is 0.595. The molecule has 0 radical (unpaired) electrons. The molecule has 2 N–H and O–H groups in total. The van der Waals surface area contributed by atoms with E-state index in [2.05, 4.69) is 5.32 Å². The highest BCUT2D eigenvalue weighted by Gasteiger charge is 2.30. The number of carbonyl (C=O) groups excluding carboxylic acids is 1. The number of rotatable bonds is 8. The molecule has 0 unspecified atom stereocenters. The van der Waals surface area contributed by atoms with Gasteiger partial charge in [-0.15, -0.1) is 0 Å². The first kappa shape index (κ1) is 21.3. The second-order valence-electron chi connectivity index (χ2n) is 7.16. The van der Waals surface area contributed by atoms with Crippen molar-refractivity contribution in [3.05, 3.63) is 60.2 Å². The Labute approximate surface area is 172 Å². The van der Waals surface area contributed by atoms with E-state index in [9.17, 15) is 13.2 Å². The maximum atomic E-state index is 12.7. The summed E-state index contributed by atoms with van der Waals surface area (Å²) in [4.78, 5) is 13.6. The Morgan fingerprint density at radius 1 is 1.10 bits per heavy atom. The molecule has 1 heterocycles. The average Bonchev–Trinajstić information content (AvgIpc) is 2.72. The molecule has 8 heteroatoms. The van der Waals surface area contributed by atoms with Gasteiger partial charge in [-0.3, -0.25) is 4.79 Å². The predicted molar refractivity (Wildman–Crippen MR) is 110 cm³/mol. The summed E-state index contributed by atoms with van der Waals surface area (Å²) in [5.41, 5.74) is 1.13. The summed E-state index contributed by atoms with van der Waals surface area (Å²) >= 11 is 0.